The van der Waals surface area contributed by atoms with Gasteiger partial charge in [0.15, 0.2) is 5.78 Å². The van der Waals surface area contributed by atoms with Crippen LogP contribution in [0.25, 0.3) is 0 Å². The molecule has 2 aliphatic rings. The van der Waals surface area contributed by atoms with Crippen molar-refractivity contribution in [2.75, 3.05) is 0 Å². The van der Waals surface area contributed by atoms with Gasteiger partial charge in [0.05, 0.1) is 0 Å². The molecule has 1 heteroatoms. The van der Waals surface area contributed by atoms with E-state index in [0.717, 1.165) is 11.1 Å². The molecule has 0 saturated heterocycles. The van der Waals surface area contributed by atoms with E-state index < -0.39 is 0 Å². The van der Waals surface area contributed by atoms with Crippen LogP contribution in [-0.4, -0.2) is 5.78 Å². The van der Waals surface area contributed by atoms with Gasteiger partial charge in [-0.3, -0.25) is 4.79 Å². The third-order valence-electron chi connectivity index (χ3n) is 7.00. The Bertz CT molecular complexity index is 709. The van der Waals surface area contributed by atoms with E-state index in [1.54, 1.807) is 0 Å². The summed E-state index contributed by atoms with van der Waals surface area (Å²) in [5, 5.41) is 0. The number of hydrogen-bond acceptors (Lipinski definition) is 1. The fourth-order valence-corrected chi connectivity index (χ4v) is 5.45. The summed E-state index contributed by atoms with van der Waals surface area (Å²) >= 11 is 0. The molecule has 28 heavy (non-hydrogen) atoms. The van der Waals surface area contributed by atoms with Crippen LogP contribution in [0.3, 0.4) is 0 Å². The first kappa shape index (κ1) is 19.4. The van der Waals surface area contributed by atoms with Crippen LogP contribution >= 0.6 is 0 Å². The Kier molecular flexibility index (Phi) is 6.62. The third-order valence-corrected chi connectivity index (χ3v) is 7.00. The van der Waals surface area contributed by atoms with Crippen molar-refractivity contribution in [3.05, 3.63) is 70.8 Å². The van der Waals surface area contributed by atoms with Crippen molar-refractivity contribution in [2.24, 2.45) is 0 Å². The molecule has 2 aromatic rings. The van der Waals surface area contributed by atoms with Crippen molar-refractivity contribution >= 4 is 5.78 Å². The molecule has 0 radical (unpaired) electrons. The van der Waals surface area contributed by atoms with Crippen LogP contribution < -0.4 is 0 Å². The molecular weight excluding hydrogens is 340 g/mol. The molecule has 4 rings (SSSR count). The first-order valence-corrected chi connectivity index (χ1v) is 11.6. The highest BCUT2D eigenvalue weighted by molar-refractivity contribution is 6.11. The maximum absolute atomic E-state index is 13.7. The molecule has 0 amide bonds. The van der Waals surface area contributed by atoms with E-state index >= 15 is 0 Å². The number of ketones is 1. The van der Waals surface area contributed by atoms with Crippen molar-refractivity contribution in [2.45, 2.75) is 88.9 Å². The van der Waals surface area contributed by atoms with E-state index in [0.29, 0.717) is 11.8 Å². The predicted octanol–water partition coefficient (Wildman–Crippen LogP) is 7.79. The van der Waals surface area contributed by atoms with Crippen molar-refractivity contribution in [1.29, 1.82) is 0 Å². The van der Waals surface area contributed by atoms with E-state index in [4.69, 9.17) is 0 Å². The predicted molar refractivity (Wildman–Crippen MR) is 117 cm³/mol. The Morgan fingerprint density at radius 3 is 1.29 bits per heavy atom. The molecular formula is C27H34O. The molecule has 2 fully saturated rings. The van der Waals surface area contributed by atoms with Crippen molar-refractivity contribution < 1.29 is 4.79 Å². The SMILES string of the molecule is O=C(c1ccccc1C1CCCCCC1)c1ccccc1C1CCCCCC1. The molecule has 0 N–H and O–H groups in total. The second-order valence-electron chi connectivity index (χ2n) is 8.88. The van der Waals surface area contributed by atoms with Gasteiger partial charge in [-0.1, -0.05) is 99.9 Å². The van der Waals surface area contributed by atoms with Crippen LogP contribution in [0, 0.1) is 0 Å². The smallest absolute Gasteiger partial charge is 0.193 e. The summed E-state index contributed by atoms with van der Waals surface area (Å²) in [6.45, 7) is 0. The average Bonchev–Trinajstić information content (AvgIpc) is 3.19. The highest BCUT2D eigenvalue weighted by Crippen LogP contribution is 2.37. The second kappa shape index (κ2) is 9.54. The van der Waals surface area contributed by atoms with Gasteiger partial charge in [0.25, 0.3) is 0 Å². The molecule has 0 aliphatic heterocycles. The van der Waals surface area contributed by atoms with Gasteiger partial charge in [-0.25, -0.2) is 0 Å². The zero-order chi connectivity index (χ0) is 19.2. The van der Waals surface area contributed by atoms with Gasteiger partial charge in [-0.05, 0) is 48.6 Å². The van der Waals surface area contributed by atoms with Gasteiger partial charge in [0, 0.05) is 11.1 Å². The fraction of sp³-hybridized carbons (Fsp3) is 0.519. The highest BCUT2D eigenvalue weighted by Gasteiger charge is 2.25. The van der Waals surface area contributed by atoms with Gasteiger partial charge in [0.2, 0.25) is 0 Å². The first-order chi connectivity index (χ1) is 13.8. The lowest BCUT2D eigenvalue weighted by atomic mass is 9.82. The highest BCUT2D eigenvalue weighted by atomic mass is 16.1. The van der Waals surface area contributed by atoms with E-state index in [9.17, 15) is 4.79 Å². The molecule has 0 atom stereocenters. The minimum absolute atomic E-state index is 0.250. The Morgan fingerprint density at radius 1 is 0.536 bits per heavy atom. The molecule has 0 heterocycles. The van der Waals surface area contributed by atoms with Gasteiger partial charge in [-0.2, -0.15) is 0 Å². The Hall–Kier alpha value is -1.89. The zero-order valence-electron chi connectivity index (χ0n) is 17.2. The summed E-state index contributed by atoms with van der Waals surface area (Å²) in [6, 6.07) is 16.9. The number of carbonyl (C=O) groups is 1. The molecule has 2 aliphatic carbocycles. The van der Waals surface area contributed by atoms with Gasteiger partial charge in [-0.15, -0.1) is 0 Å². The largest absolute Gasteiger partial charge is 0.289 e. The van der Waals surface area contributed by atoms with Crippen molar-refractivity contribution in [1.82, 2.24) is 0 Å². The molecule has 0 spiro atoms. The molecule has 1 nitrogen and oxygen atoms in total. The normalized spacial score (nSPS) is 19.7. The lowest BCUT2D eigenvalue weighted by Gasteiger charge is -2.21. The Labute approximate surface area is 170 Å². The summed E-state index contributed by atoms with van der Waals surface area (Å²) in [5.41, 5.74) is 4.50. The lowest BCUT2D eigenvalue weighted by Crippen LogP contribution is -2.13. The molecule has 148 valence electrons. The summed E-state index contributed by atoms with van der Waals surface area (Å²) in [4.78, 5) is 13.7. The summed E-state index contributed by atoms with van der Waals surface area (Å²) < 4.78 is 0. The van der Waals surface area contributed by atoms with Crippen LogP contribution in [0.2, 0.25) is 0 Å². The summed E-state index contributed by atoms with van der Waals surface area (Å²) in [5.74, 6) is 1.35. The number of carbonyl (C=O) groups excluding carboxylic acids is 1. The van der Waals surface area contributed by atoms with E-state index in [1.165, 1.54) is 88.2 Å². The monoisotopic (exact) mass is 374 g/mol. The number of rotatable bonds is 4. The van der Waals surface area contributed by atoms with Gasteiger partial charge < -0.3 is 0 Å². The average molecular weight is 375 g/mol. The quantitative estimate of drug-likeness (QED) is 0.394. The number of benzene rings is 2. The lowest BCUT2D eigenvalue weighted by molar-refractivity contribution is 0.103. The molecule has 0 aromatic heterocycles. The Balaban J connectivity index is 1.67. The Morgan fingerprint density at radius 2 is 0.893 bits per heavy atom. The maximum Gasteiger partial charge on any atom is 0.193 e. The van der Waals surface area contributed by atoms with E-state index in [1.807, 2.05) is 12.1 Å². The van der Waals surface area contributed by atoms with Crippen LogP contribution in [0.4, 0.5) is 0 Å². The summed E-state index contributed by atoms with van der Waals surface area (Å²) in [7, 11) is 0. The minimum Gasteiger partial charge on any atom is -0.289 e. The van der Waals surface area contributed by atoms with Crippen molar-refractivity contribution in [3.63, 3.8) is 0 Å². The number of hydrogen-bond donors (Lipinski definition) is 0. The second-order valence-corrected chi connectivity index (χ2v) is 8.88. The fourth-order valence-electron chi connectivity index (χ4n) is 5.45. The van der Waals surface area contributed by atoms with Crippen LogP contribution in [0.15, 0.2) is 48.5 Å². The van der Waals surface area contributed by atoms with E-state index in [2.05, 4.69) is 36.4 Å². The molecule has 0 bridgehead atoms. The van der Waals surface area contributed by atoms with Crippen LogP contribution in [0.5, 0.6) is 0 Å². The molecule has 0 unspecified atom stereocenters. The zero-order valence-corrected chi connectivity index (χ0v) is 17.2. The topological polar surface area (TPSA) is 17.1 Å². The molecule has 2 aromatic carbocycles. The minimum atomic E-state index is 0.250. The first-order valence-electron chi connectivity index (χ1n) is 11.6. The van der Waals surface area contributed by atoms with E-state index in [-0.39, 0.29) is 5.78 Å². The molecule has 2 saturated carbocycles. The van der Waals surface area contributed by atoms with Gasteiger partial charge in [0.1, 0.15) is 0 Å². The standard InChI is InChI=1S/C27H34O/c28-27(25-19-11-9-17-23(25)21-13-5-1-2-6-14-21)26-20-12-10-18-24(26)22-15-7-3-4-8-16-22/h9-12,17-22H,1-8,13-16H2. The summed E-state index contributed by atoms with van der Waals surface area (Å²) in [6.07, 6.45) is 15.5. The maximum atomic E-state index is 13.7. The van der Waals surface area contributed by atoms with Crippen LogP contribution in [0.1, 0.15) is 116 Å². The van der Waals surface area contributed by atoms with Crippen LogP contribution in [-0.2, 0) is 0 Å². The van der Waals surface area contributed by atoms with Crippen molar-refractivity contribution in [3.8, 4) is 0 Å². The van der Waals surface area contributed by atoms with Gasteiger partial charge >= 0.3 is 0 Å². The third kappa shape index (κ3) is 4.40.